The fraction of sp³-hybridized carbons (Fsp3) is 0.545. The summed E-state index contributed by atoms with van der Waals surface area (Å²) in [5.41, 5.74) is 5.88. The zero-order valence-corrected chi connectivity index (χ0v) is 13.9. The Morgan fingerprint density at radius 2 is 1.67 bits per heavy atom. The monoisotopic (exact) mass is 376 g/mol. The summed E-state index contributed by atoms with van der Waals surface area (Å²) in [6.45, 7) is 8.05. The molecule has 1 fully saturated rings. The maximum atomic E-state index is 6.00. The molecule has 1 saturated heterocycles. The minimum absolute atomic E-state index is 0.380. The van der Waals surface area contributed by atoms with Gasteiger partial charge in [-0.1, -0.05) is 0 Å². The first-order valence-corrected chi connectivity index (χ1v) is 7.19. The van der Waals surface area contributed by atoms with E-state index in [9.17, 15) is 0 Å². The van der Waals surface area contributed by atoms with Gasteiger partial charge in [0.1, 0.15) is 5.82 Å². The lowest BCUT2D eigenvalue weighted by Gasteiger charge is -2.32. The predicted octanol–water partition coefficient (Wildman–Crippen LogP) is 2.49. The molecule has 7 heteroatoms. The molecule has 1 aromatic heterocycles. The maximum absolute atomic E-state index is 6.00. The van der Waals surface area contributed by atoms with E-state index in [0.29, 0.717) is 10.3 Å². The second-order valence-corrected chi connectivity index (χ2v) is 6.95. The van der Waals surface area contributed by atoms with E-state index in [1.165, 1.54) is 0 Å². The normalized spacial score (nSPS) is 21.3. The highest BCUT2D eigenvalue weighted by molar-refractivity contribution is 9.11. The molecule has 0 amide bonds. The van der Waals surface area contributed by atoms with Gasteiger partial charge in [-0.25, -0.2) is 4.98 Å². The Balaban J connectivity index is 2.44. The third-order valence-corrected chi connectivity index (χ3v) is 4.99. The van der Waals surface area contributed by atoms with Crippen LogP contribution in [0, 0.1) is 0 Å². The average Bonchev–Trinajstić information content (AvgIpc) is 2.43. The van der Waals surface area contributed by atoms with Gasteiger partial charge in [-0.2, -0.15) is 0 Å². The molecular formula is C11H15BBr2N2O2. The Labute approximate surface area is 124 Å². The van der Waals surface area contributed by atoms with Gasteiger partial charge in [0.25, 0.3) is 0 Å². The van der Waals surface area contributed by atoms with Crippen molar-refractivity contribution in [3.63, 3.8) is 0 Å². The summed E-state index contributed by atoms with van der Waals surface area (Å²) in [6, 6.07) is 0. The van der Waals surface area contributed by atoms with Crippen molar-refractivity contribution in [1.82, 2.24) is 4.98 Å². The van der Waals surface area contributed by atoms with Crippen LogP contribution in [0.2, 0.25) is 0 Å². The van der Waals surface area contributed by atoms with E-state index in [1.54, 1.807) is 6.20 Å². The Kier molecular flexibility index (Phi) is 3.55. The van der Waals surface area contributed by atoms with Gasteiger partial charge in [0.05, 0.1) is 15.7 Å². The van der Waals surface area contributed by atoms with Gasteiger partial charge in [-0.3, -0.25) is 0 Å². The number of anilines is 1. The molecule has 2 rings (SSSR count). The van der Waals surface area contributed by atoms with Crippen molar-refractivity contribution in [2.24, 2.45) is 0 Å². The van der Waals surface area contributed by atoms with Crippen molar-refractivity contribution >= 4 is 50.3 Å². The Bertz CT molecular complexity index is 478. The van der Waals surface area contributed by atoms with Crippen molar-refractivity contribution in [1.29, 1.82) is 0 Å². The summed E-state index contributed by atoms with van der Waals surface area (Å²) >= 11 is 6.90. The fourth-order valence-electron chi connectivity index (χ4n) is 1.67. The number of nitrogen functional groups attached to an aromatic ring is 1. The Morgan fingerprint density at radius 1 is 1.17 bits per heavy atom. The number of pyridine rings is 1. The topological polar surface area (TPSA) is 57.4 Å². The molecule has 1 aliphatic heterocycles. The standard InChI is InChI=1S/C11H15BBr2N2O2/c1-10(2)11(3,4)18-12(17-10)7-6(13)5-16-9(15)8(7)14/h5H,1-4H3,(H2,15,16). The van der Waals surface area contributed by atoms with Gasteiger partial charge < -0.3 is 15.0 Å². The molecule has 0 spiro atoms. The number of nitrogens with zero attached hydrogens (tertiary/aromatic N) is 1. The summed E-state index contributed by atoms with van der Waals surface area (Å²) < 4.78 is 13.5. The lowest BCUT2D eigenvalue weighted by Crippen LogP contribution is -2.41. The van der Waals surface area contributed by atoms with E-state index in [-0.39, 0.29) is 11.2 Å². The SMILES string of the molecule is CC1(C)OB(c2c(Br)cnc(N)c2Br)OC1(C)C. The van der Waals surface area contributed by atoms with Gasteiger partial charge in [-0.05, 0) is 59.6 Å². The van der Waals surface area contributed by atoms with Crippen LogP contribution in [0.4, 0.5) is 5.82 Å². The highest BCUT2D eigenvalue weighted by Crippen LogP contribution is 2.38. The quantitative estimate of drug-likeness (QED) is 0.764. The summed E-state index contributed by atoms with van der Waals surface area (Å²) in [5.74, 6) is 0.419. The molecule has 0 aromatic carbocycles. The van der Waals surface area contributed by atoms with Crippen molar-refractivity contribution in [2.45, 2.75) is 38.9 Å². The number of hydrogen-bond acceptors (Lipinski definition) is 4. The second-order valence-electron chi connectivity index (χ2n) is 5.31. The molecule has 4 nitrogen and oxygen atoms in total. The summed E-state index contributed by atoms with van der Waals surface area (Å²) in [5, 5.41) is 0. The van der Waals surface area contributed by atoms with Crippen molar-refractivity contribution in [2.75, 3.05) is 5.73 Å². The summed E-state index contributed by atoms with van der Waals surface area (Å²) in [6.07, 6.45) is 1.65. The third-order valence-electron chi connectivity index (χ3n) is 3.52. The largest absolute Gasteiger partial charge is 0.497 e. The number of hydrogen-bond donors (Lipinski definition) is 1. The van der Waals surface area contributed by atoms with Gasteiger partial charge in [-0.15, -0.1) is 0 Å². The molecule has 18 heavy (non-hydrogen) atoms. The minimum Gasteiger partial charge on any atom is -0.399 e. The first-order chi connectivity index (χ1) is 8.16. The molecule has 0 radical (unpaired) electrons. The molecule has 0 aliphatic carbocycles. The first-order valence-electron chi connectivity index (χ1n) is 5.61. The maximum Gasteiger partial charge on any atom is 0.497 e. The zero-order valence-electron chi connectivity index (χ0n) is 10.8. The number of aromatic nitrogens is 1. The van der Waals surface area contributed by atoms with E-state index in [4.69, 9.17) is 15.0 Å². The highest BCUT2D eigenvalue weighted by Gasteiger charge is 2.52. The minimum atomic E-state index is -0.468. The molecule has 0 bridgehead atoms. The van der Waals surface area contributed by atoms with E-state index < -0.39 is 7.12 Å². The lowest BCUT2D eigenvalue weighted by molar-refractivity contribution is 0.00578. The molecule has 0 atom stereocenters. The van der Waals surface area contributed by atoms with Crippen LogP contribution in [-0.4, -0.2) is 23.3 Å². The fourth-order valence-corrected chi connectivity index (χ4v) is 2.93. The molecule has 1 aromatic rings. The van der Waals surface area contributed by atoms with Crippen molar-refractivity contribution < 1.29 is 9.31 Å². The zero-order chi connectivity index (χ0) is 13.7. The lowest BCUT2D eigenvalue weighted by atomic mass is 9.79. The second kappa shape index (κ2) is 4.47. The van der Waals surface area contributed by atoms with Gasteiger partial charge >= 0.3 is 7.12 Å². The van der Waals surface area contributed by atoms with E-state index in [0.717, 1.165) is 9.94 Å². The smallest absolute Gasteiger partial charge is 0.399 e. The van der Waals surface area contributed by atoms with Crippen molar-refractivity contribution in [3.05, 3.63) is 15.1 Å². The first kappa shape index (κ1) is 14.3. The van der Waals surface area contributed by atoms with Crippen LogP contribution in [0.15, 0.2) is 15.1 Å². The Hall–Kier alpha value is -0.105. The van der Waals surface area contributed by atoms with E-state index in [2.05, 4.69) is 36.8 Å². The van der Waals surface area contributed by atoms with Gasteiger partial charge in [0.15, 0.2) is 0 Å². The van der Waals surface area contributed by atoms with Crippen LogP contribution in [-0.2, 0) is 9.31 Å². The number of nitrogens with two attached hydrogens (primary N) is 1. The van der Waals surface area contributed by atoms with E-state index >= 15 is 0 Å². The molecular weight excluding hydrogens is 363 g/mol. The van der Waals surface area contributed by atoms with Gasteiger partial charge in [0, 0.05) is 16.1 Å². The molecule has 1 aliphatic rings. The Morgan fingerprint density at radius 3 is 2.17 bits per heavy atom. The molecule has 98 valence electrons. The number of halogens is 2. The molecule has 2 heterocycles. The van der Waals surface area contributed by atoms with Crippen LogP contribution in [0.25, 0.3) is 0 Å². The number of rotatable bonds is 1. The van der Waals surface area contributed by atoms with Crippen LogP contribution >= 0.6 is 31.9 Å². The summed E-state index contributed by atoms with van der Waals surface area (Å²) in [4.78, 5) is 4.06. The third kappa shape index (κ3) is 2.22. The molecule has 2 N–H and O–H groups in total. The van der Waals surface area contributed by atoms with Gasteiger partial charge in [0.2, 0.25) is 0 Å². The van der Waals surface area contributed by atoms with Crippen LogP contribution in [0.1, 0.15) is 27.7 Å². The summed E-state index contributed by atoms with van der Waals surface area (Å²) in [7, 11) is -0.468. The molecule has 0 saturated carbocycles. The van der Waals surface area contributed by atoms with Crippen LogP contribution < -0.4 is 11.2 Å². The highest BCUT2D eigenvalue weighted by atomic mass is 79.9. The van der Waals surface area contributed by atoms with E-state index in [1.807, 2.05) is 27.7 Å². The predicted molar refractivity (Wildman–Crippen MR) is 79.8 cm³/mol. The molecule has 0 unspecified atom stereocenters. The van der Waals surface area contributed by atoms with Crippen LogP contribution in [0.3, 0.4) is 0 Å². The van der Waals surface area contributed by atoms with Crippen molar-refractivity contribution in [3.8, 4) is 0 Å². The van der Waals surface area contributed by atoms with Crippen LogP contribution in [0.5, 0.6) is 0 Å². The average molecular weight is 378 g/mol.